The number of para-hydroxylation sites is 1. The van der Waals surface area contributed by atoms with Crippen molar-refractivity contribution in [3.8, 4) is 0 Å². The Morgan fingerprint density at radius 2 is 1.89 bits per heavy atom. The van der Waals surface area contributed by atoms with Crippen LogP contribution in [-0.2, 0) is 0 Å². The molecule has 0 fully saturated rings. The van der Waals surface area contributed by atoms with Gasteiger partial charge in [0.1, 0.15) is 11.6 Å². The summed E-state index contributed by atoms with van der Waals surface area (Å²) < 4.78 is 26.4. The molecular formula is C15H13F2NO. The molecule has 0 aliphatic rings. The quantitative estimate of drug-likeness (QED) is 0.852. The second-order valence-corrected chi connectivity index (χ2v) is 4.22. The molecule has 98 valence electrons. The summed E-state index contributed by atoms with van der Waals surface area (Å²) in [5, 5.41) is 2.92. The molecule has 0 heterocycles. The average molecular weight is 261 g/mol. The zero-order valence-electron chi connectivity index (χ0n) is 10.4. The van der Waals surface area contributed by atoms with Gasteiger partial charge in [0.2, 0.25) is 0 Å². The lowest BCUT2D eigenvalue weighted by Crippen LogP contribution is -2.16. The van der Waals surface area contributed by atoms with E-state index in [1.807, 2.05) is 31.2 Å². The molecule has 1 N–H and O–H groups in total. The number of Topliss-reactive ketones (excluding diaryl/α,β-unsaturated/α-hetero) is 1. The van der Waals surface area contributed by atoms with Gasteiger partial charge in [-0.25, -0.2) is 8.78 Å². The first kappa shape index (κ1) is 13.2. The van der Waals surface area contributed by atoms with Crippen LogP contribution in [0.1, 0.15) is 15.9 Å². The number of ketones is 1. The maximum Gasteiger partial charge on any atom is 0.184 e. The van der Waals surface area contributed by atoms with Crippen molar-refractivity contribution >= 4 is 11.5 Å². The molecule has 0 atom stereocenters. The summed E-state index contributed by atoms with van der Waals surface area (Å²) in [4.78, 5) is 11.8. The predicted octanol–water partition coefficient (Wildman–Crippen LogP) is 3.57. The minimum absolute atomic E-state index is 0.0781. The van der Waals surface area contributed by atoms with Crippen molar-refractivity contribution < 1.29 is 13.6 Å². The highest BCUT2D eigenvalue weighted by Crippen LogP contribution is 2.14. The summed E-state index contributed by atoms with van der Waals surface area (Å²) in [6.07, 6.45) is 0. The minimum atomic E-state index is -0.710. The van der Waals surface area contributed by atoms with Crippen LogP contribution in [0.2, 0.25) is 0 Å². The van der Waals surface area contributed by atoms with Crippen molar-refractivity contribution in [2.45, 2.75) is 6.92 Å². The van der Waals surface area contributed by atoms with E-state index < -0.39 is 17.4 Å². The lowest BCUT2D eigenvalue weighted by molar-refractivity contribution is 0.100. The summed E-state index contributed by atoms with van der Waals surface area (Å²) in [7, 11) is 0. The Balaban J connectivity index is 2.10. The van der Waals surface area contributed by atoms with Gasteiger partial charge < -0.3 is 5.32 Å². The number of carbonyl (C=O) groups is 1. The van der Waals surface area contributed by atoms with Gasteiger partial charge in [-0.05, 0) is 36.8 Å². The molecule has 0 radical (unpaired) electrons. The molecular weight excluding hydrogens is 248 g/mol. The van der Waals surface area contributed by atoms with Crippen molar-refractivity contribution in [3.63, 3.8) is 0 Å². The normalized spacial score (nSPS) is 10.3. The Kier molecular flexibility index (Phi) is 3.90. The monoisotopic (exact) mass is 261 g/mol. The van der Waals surface area contributed by atoms with Crippen molar-refractivity contribution in [1.29, 1.82) is 0 Å². The number of nitrogens with one attached hydrogen (secondary N) is 1. The Morgan fingerprint density at radius 3 is 2.63 bits per heavy atom. The van der Waals surface area contributed by atoms with Crippen LogP contribution in [0.25, 0.3) is 0 Å². The van der Waals surface area contributed by atoms with Crippen molar-refractivity contribution in [2.75, 3.05) is 11.9 Å². The Morgan fingerprint density at radius 1 is 1.16 bits per heavy atom. The Labute approximate surface area is 110 Å². The number of hydrogen-bond donors (Lipinski definition) is 1. The second-order valence-electron chi connectivity index (χ2n) is 4.22. The fourth-order valence-corrected chi connectivity index (χ4v) is 1.75. The summed E-state index contributed by atoms with van der Waals surface area (Å²) >= 11 is 0. The molecule has 4 heteroatoms. The number of aryl methyl sites for hydroxylation is 1. The topological polar surface area (TPSA) is 29.1 Å². The minimum Gasteiger partial charge on any atom is -0.377 e. The fraction of sp³-hybridized carbons (Fsp3) is 0.133. The molecule has 2 rings (SSSR count). The van der Waals surface area contributed by atoms with E-state index in [9.17, 15) is 13.6 Å². The second kappa shape index (κ2) is 5.61. The number of benzene rings is 2. The number of anilines is 1. The zero-order valence-corrected chi connectivity index (χ0v) is 10.4. The van der Waals surface area contributed by atoms with Gasteiger partial charge in [0.15, 0.2) is 5.78 Å². The Bertz CT molecular complexity index is 611. The molecule has 0 spiro atoms. The molecule has 0 saturated carbocycles. The summed E-state index contributed by atoms with van der Waals surface area (Å²) in [5.41, 5.74) is 1.55. The van der Waals surface area contributed by atoms with Crippen LogP contribution in [0.4, 0.5) is 14.5 Å². The molecule has 0 aliphatic carbocycles. The van der Waals surface area contributed by atoms with E-state index in [0.717, 1.165) is 29.4 Å². The third-order valence-electron chi connectivity index (χ3n) is 2.81. The highest BCUT2D eigenvalue weighted by Gasteiger charge is 2.12. The SMILES string of the molecule is Cc1ccccc1NCC(=O)c1cc(F)ccc1F. The van der Waals surface area contributed by atoms with E-state index in [-0.39, 0.29) is 12.1 Å². The summed E-state index contributed by atoms with van der Waals surface area (Å²) in [5.74, 6) is -1.82. The first-order chi connectivity index (χ1) is 9.08. The van der Waals surface area contributed by atoms with Crippen LogP contribution < -0.4 is 5.32 Å². The number of hydrogen-bond acceptors (Lipinski definition) is 2. The van der Waals surface area contributed by atoms with E-state index in [1.165, 1.54) is 0 Å². The lowest BCUT2D eigenvalue weighted by atomic mass is 10.1. The molecule has 0 bridgehead atoms. The van der Waals surface area contributed by atoms with Crippen LogP contribution in [0.3, 0.4) is 0 Å². The van der Waals surface area contributed by atoms with Gasteiger partial charge >= 0.3 is 0 Å². The summed E-state index contributed by atoms with van der Waals surface area (Å²) in [6, 6.07) is 10.3. The first-order valence-corrected chi connectivity index (χ1v) is 5.85. The van der Waals surface area contributed by atoms with Gasteiger partial charge in [-0.1, -0.05) is 18.2 Å². The Hall–Kier alpha value is -2.23. The third kappa shape index (κ3) is 3.16. The lowest BCUT2D eigenvalue weighted by Gasteiger charge is -2.09. The molecule has 0 unspecified atom stereocenters. The molecule has 2 aromatic rings. The molecule has 0 aliphatic heterocycles. The highest BCUT2D eigenvalue weighted by atomic mass is 19.1. The predicted molar refractivity (Wildman–Crippen MR) is 70.4 cm³/mol. The van der Waals surface area contributed by atoms with Crippen molar-refractivity contribution in [1.82, 2.24) is 0 Å². The van der Waals surface area contributed by atoms with Gasteiger partial charge in [-0.3, -0.25) is 4.79 Å². The van der Waals surface area contributed by atoms with Gasteiger partial charge in [0, 0.05) is 5.69 Å². The molecule has 0 aromatic heterocycles. The zero-order chi connectivity index (χ0) is 13.8. The van der Waals surface area contributed by atoms with Crippen molar-refractivity contribution in [2.24, 2.45) is 0 Å². The average Bonchev–Trinajstić information content (AvgIpc) is 2.40. The van der Waals surface area contributed by atoms with Gasteiger partial charge in [-0.15, -0.1) is 0 Å². The summed E-state index contributed by atoms with van der Waals surface area (Å²) in [6.45, 7) is 1.82. The smallest absolute Gasteiger partial charge is 0.184 e. The van der Waals surface area contributed by atoms with Crippen molar-refractivity contribution in [3.05, 3.63) is 65.2 Å². The van der Waals surface area contributed by atoms with Crippen LogP contribution in [0, 0.1) is 18.6 Å². The van der Waals surface area contributed by atoms with Gasteiger partial charge in [0.05, 0.1) is 12.1 Å². The number of carbonyl (C=O) groups excluding carboxylic acids is 1. The van der Waals surface area contributed by atoms with Crippen LogP contribution >= 0.6 is 0 Å². The first-order valence-electron chi connectivity index (χ1n) is 5.85. The van der Waals surface area contributed by atoms with Crippen LogP contribution in [0.15, 0.2) is 42.5 Å². The largest absolute Gasteiger partial charge is 0.377 e. The third-order valence-corrected chi connectivity index (χ3v) is 2.81. The maximum atomic E-state index is 13.4. The van der Waals surface area contributed by atoms with Crippen LogP contribution in [0.5, 0.6) is 0 Å². The van der Waals surface area contributed by atoms with E-state index in [1.54, 1.807) is 0 Å². The molecule has 0 amide bonds. The van der Waals surface area contributed by atoms with Gasteiger partial charge in [-0.2, -0.15) is 0 Å². The standard InChI is InChI=1S/C15H13F2NO/c1-10-4-2-3-5-14(10)18-9-15(19)12-8-11(16)6-7-13(12)17/h2-8,18H,9H2,1H3. The fourth-order valence-electron chi connectivity index (χ4n) is 1.75. The highest BCUT2D eigenvalue weighted by molar-refractivity contribution is 5.99. The molecule has 2 nitrogen and oxygen atoms in total. The van der Waals surface area contributed by atoms with E-state index in [4.69, 9.17) is 0 Å². The molecule has 0 saturated heterocycles. The maximum absolute atomic E-state index is 13.4. The van der Waals surface area contributed by atoms with Crippen LogP contribution in [-0.4, -0.2) is 12.3 Å². The number of rotatable bonds is 4. The van der Waals surface area contributed by atoms with E-state index in [2.05, 4.69) is 5.32 Å². The van der Waals surface area contributed by atoms with E-state index in [0.29, 0.717) is 0 Å². The molecule has 19 heavy (non-hydrogen) atoms. The van der Waals surface area contributed by atoms with Gasteiger partial charge in [0.25, 0.3) is 0 Å². The van der Waals surface area contributed by atoms with E-state index >= 15 is 0 Å². The molecule has 2 aromatic carbocycles. The number of halogens is 2.